The Labute approximate surface area is 68.3 Å². The normalized spacial score (nSPS) is 11.0. The van der Waals surface area contributed by atoms with Gasteiger partial charge in [-0.3, -0.25) is 0 Å². The van der Waals surface area contributed by atoms with Gasteiger partial charge in [0.25, 0.3) is 0 Å². The van der Waals surface area contributed by atoms with E-state index in [0.29, 0.717) is 6.54 Å². The fourth-order valence-corrected chi connectivity index (χ4v) is 0.955. The second-order valence-corrected chi connectivity index (χ2v) is 3.33. The molecule has 0 aromatic carbocycles. The highest BCUT2D eigenvalue weighted by molar-refractivity contribution is 5.68. The Bertz CT molecular complexity index is 138. The van der Waals surface area contributed by atoms with Crippen LogP contribution in [-0.2, 0) is 4.74 Å². The van der Waals surface area contributed by atoms with Crippen LogP contribution in [0.3, 0.4) is 0 Å². The van der Waals surface area contributed by atoms with E-state index >= 15 is 0 Å². The number of carbonyl (C=O) groups excluding carboxylic acids is 1. The number of rotatable bonds is 1. The first kappa shape index (κ1) is 10.3. The molecule has 0 saturated carbocycles. The predicted molar refractivity (Wildman–Crippen MR) is 44.0 cm³/mol. The summed E-state index contributed by atoms with van der Waals surface area (Å²) in [5, 5.41) is 0. The van der Waals surface area contributed by atoms with Crippen molar-refractivity contribution < 1.29 is 9.53 Å². The highest BCUT2D eigenvalue weighted by Gasteiger charge is 2.24. The molecule has 3 heteroatoms. The van der Waals surface area contributed by atoms with Crippen LogP contribution in [0.15, 0.2) is 0 Å². The van der Waals surface area contributed by atoms with Gasteiger partial charge in [0.05, 0.1) is 0 Å². The molecule has 0 saturated heterocycles. The Hall–Kier alpha value is -0.730. The second-order valence-electron chi connectivity index (χ2n) is 3.33. The van der Waals surface area contributed by atoms with Gasteiger partial charge in [-0.1, -0.05) is 0 Å². The smallest absolute Gasteiger partial charge is 0.410 e. The Morgan fingerprint density at radius 2 is 2.00 bits per heavy atom. The van der Waals surface area contributed by atoms with Crippen LogP contribution >= 0.6 is 0 Å². The summed E-state index contributed by atoms with van der Waals surface area (Å²) in [5.41, 5.74) is -0.191. The molecule has 0 heterocycles. The van der Waals surface area contributed by atoms with Crippen molar-refractivity contribution >= 4 is 6.09 Å². The van der Waals surface area contributed by atoms with E-state index in [2.05, 4.69) is 11.8 Å². The third kappa shape index (κ3) is 2.78. The number of carbonyl (C=O) groups is 1. The third-order valence-electron chi connectivity index (χ3n) is 1.47. The van der Waals surface area contributed by atoms with Gasteiger partial charge in [0.2, 0.25) is 0 Å². The van der Waals surface area contributed by atoms with E-state index in [-0.39, 0.29) is 11.6 Å². The quantitative estimate of drug-likeness (QED) is 0.584. The summed E-state index contributed by atoms with van der Waals surface area (Å²) in [5.74, 6) is 0. The van der Waals surface area contributed by atoms with Crippen LogP contribution in [0.25, 0.3) is 0 Å². The van der Waals surface area contributed by atoms with E-state index in [9.17, 15) is 4.79 Å². The molecule has 11 heavy (non-hydrogen) atoms. The summed E-state index contributed by atoms with van der Waals surface area (Å²) in [6.45, 7) is 8.40. The third-order valence-corrected chi connectivity index (χ3v) is 1.47. The van der Waals surface area contributed by atoms with Gasteiger partial charge < -0.3 is 9.64 Å². The molecular formula is C8H16NO2. The van der Waals surface area contributed by atoms with Crippen molar-refractivity contribution in [2.45, 2.75) is 33.2 Å². The maximum Gasteiger partial charge on any atom is 0.410 e. The van der Waals surface area contributed by atoms with Crippen molar-refractivity contribution in [3.63, 3.8) is 0 Å². The highest BCUT2D eigenvalue weighted by atomic mass is 16.5. The lowest BCUT2D eigenvalue weighted by Gasteiger charge is -2.33. The summed E-state index contributed by atoms with van der Waals surface area (Å²) in [6, 6.07) is 0. The first-order valence-corrected chi connectivity index (χ1v) is 3.67. The van der Waals surface area contributed by atoms with E-state index in [4.69, 9.17) is 0 Å². The monoisotopic (exact) mass is 158 g/mol. The molecule has 0 spiro atoms. The van der Waals surface area contributed by atoms with Gasteiger partial charge in [-0.15, -0.1) is 0 Å². The molecule has 0 aliphatic carbocycles. The van der Waals surface area contributed by atoms with Crippen LogP contribution in [-0.4, -0.2) is 23.1 Å². The van der Waals surface area contributed by atoms with Crippen molar-refractivity contribution in [1.29, 1.82) is 0 Å². The molecule has 0 bridgehead atoms. The van der Waals surface area contributed by atoms with Crippen molar-refractivity contribution in [3.05, 3.63) is 7.11 Å². The van der Waals surface area contributed by atoms with E-state index in [0.717, 1.165) is 0 Å². The standard InChI is InChI=1S/C8H16NO2/c1-6-9(7(10)11-5)8(2,3)4/h5-6H2,1-4H3. The zero-order chi connectivity index (χ0) is 9.07. The molecule has 1 radical (unpaired) electrons. The zero-order valence-electron chi connectivity index (χ0n) is 7.68. The number of amides is 1. The zero-order valence-corrected chi connectivity index (χ0v) is 7.68. The van der Waals surface area contributed by atoms with Crippen LogP contribution in [0.1, 0.15) is 27.7 Å². The average Bonchev–Trinajstić information content (AvgIpc) is 1.86. The summed E-state index contributed by atoms with van der Waals surface area (Å²) in [7, 11) is 3.08. The van der Waals surface area contributed by atoms with Crippen LogP contribution in [0.4, 0.5) is 4.79 Å². The van der Waals surface area contributed by atoms with Crippen molar-refractivity contribution in [1.82, 2.24) is 4.90 Å². The number of ether oxygens (including phenoxy) is 1. The Morgan fingerprint density at radius 3 is 2.09 bits per heavy atom. The van der Waals surface area contributed by atoms with Crippen LogP contribution in [0.2, 0.25) is 0 Å². The lowest BCUT2D eigenvalue weighted by atomic mass is 10.1. The first-order valence-electron chi connectivity index (χ1n) is 3.67. The van der Waals surface area contributed by atoms with Gasteiger partial charge >= 0.3 is 6.09 Å². The van der Waals surface area contributed by atoms with Crippen LogP contribution < -0.4 is 0 Å². The van der Waals surface area contributed by atoms with Gasteiger partial charge in [0.15, 0.2) is 0 Å². The lowest BCUT2D eigenvalue weighted by Crippen LogP contribution is -2.45. The van der Waals surface area contributed by atoms with Gasteiger partial charge in [-0.2, -0.15) is 0 Å². The van der Waals surface area contributed by atoms with E-state index in [1.807, 2.05) is 27.7 Å². The Kier molecular flexibility index (Phi) is 3.36. The highest BCUT2D eigenvalue weighted by Crippen LogP contribution is 2.13. The minimum Gasteiger partial charge on any atom is -0.446 e. The number of hydrogen-bond donors (Lipinski definition) is 0. The minimum atomic E-state index is -0.375. The second kappa shape index (κ2) is 3.60. The van der Waals surface area contributed by atoms with Crippen LogP contribution in [0.5, 0.6) is 0 Å². The molecule has 0 fully saturated rings. The molecule has 0 aliphatic heterocycles. The van der Waals surface area contributed by atoms with Crippen molar-refractivity contribution in [2.75, 3.05) is 6.54 Å². The summed E-state index contributed by atoms with van der Waals surface area (Å²) in [4.78, 5) is 12.6. The summed E-state index contributed by atoms with van der Waals surface area (Å²) < 4.78 is 4.37. The predicted octanol–water partition coefficient (Wildman–Crippen LogP) is 2.03. The number of hydrogen-bond acceptors (Lipinski definition) is 2. The molecule has 0 unspecified atom stereocenters. The van der Waals surface area contributed by atoms with Crippen molar-refractivity contribution in [3.8, 4) is 0 Å². The Morgan fingerprint density at radius 1 is 1.55 bits per heavy atom. The van der Waals surface area contributed by atoms with Gasteiger partial charge in [0.1, 0.15) is 7.11 Å². The molecule has 65 valence electrons. The fraction of sp³-hybridized carbons (Fsp3) is 0.750. The molecule has 0 N–H and O–H groups in total. The molecule has 0 atom stereocenters. The maximum atomic E-state index is 11.0. The first-order chi connectivity index (χ1) is 4.93. The maximum absolute atomic E-state index is 11.0. The molecular weight excluding hydrogens is 142 g/mol. The number of nitrogens with zero attached hydrogens (tertiary/aromatic N) is 1. The largest absolute Gasteiger partial charge is 0.446 e. The van der Waals surface area contributed by atoms with Crippen LogP contribution in [0, 0.1) is 7.11 Å². The van der Waals surface area contributed by atoms with E-state index in [1.54, 1.807) is 4.90 Å². The fourth-order valence-electron chi connectivity index (χ4n) is 0.955. The van der Waals surface area contributed by atoms with Gasteiger partial charge in [0, 0.05) is 12.1 Å². The molecule has 0 rings (SSSR count). The molecule has 3 nitrogen and oxygen atoms in total. The summed E-state index contributed by atoms with van der Waals surface area (Å²) >= 11 is 0. The molecule has 1 amide bonds. The minimum absolute atomic E-state index is 0.191. The summed E-state index contributed by atoms with van der Waals surface area (Å²) in [6.07, 6.45) is -0.375. The van der Waals surface area contributed by atoms with Crippen molar-refractivity contribution in [2.24, 2.45) is 0 Å². The molecule has 0 aliphatic rings. The SMILES string of the molecule is [CH2]OC(=O)N(CC)C(C)(C)C. The lowest BCUT2D eigenvalue weighted by molar-refractivity contribution is 0.0964. The topological polar surface area (TPSA) is 29.5 Å². The van der Waals surface area contributed by atoms with Gasteiger partial charge in [-0.25, -0.2) is 4.79 Å². The molecule has 0 aromatic rings. The average molecular weight is 158 g/mol. The Balaban J connectivity index is 4.29. The van der Waals surface area contributed by atoms with Gasteiger partial charge in [-0.05, 0) is 27.7 Å². The van der Waals surface area contributed by atoms with E-state index < -0.39 is 0 Å². The van der Waals surface area contributed by atoms with E-state index in [1.165, 1.54) is 0 Å². The molecule has 0 aromatic heterocycles.